The van der Waals surface area contributed by atoms with Crippen LogP contribution in [0.3, 0.4) is 0 Å². The normalized spacial score (nSPS) is 22.3. The summed E-state index contributed by atoms with van der Waals surface area (Å²) in [6, 6.07) is 1.20. The van der Waals surface area contributed by atoms with Gasteiger partial charge in [0.15, 0.2) is 0 Å². The summed E-state index contributed by atoms with van der Waals surface area (Å²) in [6.07, 6.45) is 8.83. The molecule has 1 saturated carbocycles. The van der Waals surface area contributed by atoms with Crippen LogP contribution in [0.5, 0.6) is 0 Å². The van der Waals surface area contributed by atoms with Crippen molar-refractivity contribution in [2.24, 2.45) is 5.92 Å². The average Bonchev–Trinajstić information content (AvgIpc) is 1.91. The van der Waals surface area contributed by atoms with Crippen LogP contribution in [-0.2, 0) is 0 Å². The molecule has 9 heavy (non-hydrogen) atoms. The first-order valence-corrected chi connectivity index (χ1v) is 4.79. The lowest BCUT2D eigenvalue weighted by molar-refractivity contribution is 0.350. The van der Waals surface area contributed by atoms with Gasteiger partial charge in [0.2, 0.25) is 0 Å². The van der Waals surface area contributed by atoms with Crippen LogP contribution in [-0.4, -0.2) is 10.2 Å². The smallest absolute Gasteiger partial charge is 0.0222 e. The van der Waals surface area contributed by atoms with E-state index in [2.05, 4.69) is 10.2 Å². The fourth-order valence-corrected chi connectivity index (χ4v) is 2.09. The zero-order chi connectivity index (χ0) is 6.53. The van der Waals surface area contributed by atoms with Crippen LogP contribution in [0.25, 0.3) is 0 Å². The SMILES string of the molecule is [Si]CCC1CCCCC1. The van der Waals surface area contributed by atoms with Crippen molar-refractivity contribution in [3.63, 3.8) is 0 Å². The molecule has 0 aromatic rings. The Morgan fingerprint density at radius 3 is 2.33 bits per heavy atom. The van der Waals surface area contributed by atoms with Gasteiger partial charge >= 0.3 is 0 Å². The van der Waals surface area contributed by atoms with Crippen molar-refractivity contribution in [1.82, 2.24) is 0 Å². The molecule has 0 atom stereocenters. The molecule has 51 valence electrons. The highest BCUT2D eigenvalue weighted by Crippen LogP contribution is 2.26. The molecule has 0 aromatic heterocycles. The van der Waals surface area contributed by atoms with Crippen molar-refractivity contribution < 1.29 is 0 Å². The number of rotatable bonds is 2. The topological polar surface area (TPSA) is 0 Å². The summed E-state index contributed by atoms with van der Waals surface area (Å²) in [4.78, 5) is 0. The van der Waals surface area contributed by atoms with Crippen molar-refractivity contribution in [2.75, 3.05) is 0 Å². The summed E-state index contributed by atoms with van der Waals surface area (Å²) in [7, 11) is 3.53. The standard InChI is InChI=1S/C8H15Si/c9-7-6-8-4-2-1-3-5-8/h8H,1-7H2. The van der Waals surface area contributed by atoms with E-state index in [1.807, 2.05) is 0 Å². The van der Waals surface area contributed by atoms with E-state index in [4.69, 9.17) is 0 Å². The summed E-state index contributed by atoms with van der Waals surface area (Å²) in [5.41, 5.74) is 0. The van der Waals surface area contributed by atoms with E-state index in [0.29, 0.717) is 0 Å². The third-order valence-electron chi connectivity index (χ3n) is 2.28. The third kappa shape index (κ3) is 2.52. The number of hydrogen-bond acceptors (Lipinski definition) is 0. The molecule has 0 amide bonds. The lowest BCUT2D eigenvalue weighted by Crippen LogP contribution is -2.05. The van der Waals surface area contributed by atoms with Gasteiger partial charge in [-0.1, -0.05) is 44.6 Å². The molecule has 1 aliphatic carbocycles. The van der Waals surface area contributed by atoms with E-state index in [9.17, 15) is 0 Å². The summed E-state index contributed by atoms with van der Waals surface area (Å²) < 4.78 is 0. The van der Waals surface area contributed by atoms with Crippen LogP contribution >= 0.6 is 0 Å². The molecule has 3 radical (unpaired) electrons. The molecule has 1 aliphatic rings. The maximum atomic E-state index is 3.53. The van der Waals surface area contributed by atoms with Crippen molar-refractivity contribution >= 4 is 10.2 Å². The second-order valence-corrected chi connectivity index (χ2v) is 3.54. The first-order chi connectivity index (χ1) is 4.43. The summed E-state index contributed by atoms with van der Waals surface area (Å²) in [5.74, 6) is 1.05. The van der Waals surface area contributed by atoms with Gasteiger partial charge in [-0.05, 0) is 5.92 Å². The largest absolute Gasteiger partial charge is 0.0635 e. The van der Waals surface area contributed by atoms with Gasteiger partial charge in [0.25, 0.3) is 0 Å². The van der Waals surface area contributed by atoms with Crippen molar-refractivity contribution in [3.05, 3.63) is 0 Å². The van der Waals surface area contributed by atoms with Gasteiger partial charge in [0.1, 0.15) is 0 Å². The Morgan fingerprint density at radius 1 is 1.11 bits per heavy atom. The van der Waals surface area contributed by atoms with Crippen molar-refractivity contribution in [3.8, 4) is 0 Å². The van der Waals surface area contributed by atoms with Gasteiger partial charge in [-0.25, -0.2) is 0 Å². The second kappa shape index (κ2) is 4.10. The van der Waals surface area contributed by atoms with Gasteiger partial charge in [0.05, 0.1) is 0 Å². The quantitative estimate of drug-likeness (QED) is 0.516. The third-order valence-corrected chi connectivity index (χ3v) is 2.57. The zero-order valence-corrected chi connectivity index (χ0v) is 7.03. The molecule has 1 rings (SSSR count). The fourth-order valence-electron chi connectivity index (χ4n) is 1.68. The maximum Gasteiger partial charge on any atom is 0.0222 e. The van der Waals surface area contributed by atoms with E-state index in [-0.39, 0.29) is 0 Å². The monoisotopic (exact) mass is 139 g/mol. The number of hydrogen-bond donors (Lipinski definition) is 0. The molecular weight excluding hydrogens is 124 g/mol. The highest BCUT2D eigenvalue weighted by atomic mass is 28.1. The lowest BCUT2D eigenvalue weighted by Gasteiger charge is -2.20. The van der Waals surface area contributed by atoms with Crippen LogP contribution in [0, 0.1) is 5.92 Å². The average molecular weight is 139 g/mol. The van der Waals surface area contributed by atoms with E-state index in [1.165, 1.54) is 44.6 Å². The van der Waals surface area contributed by atoms with Crippen molar-refractivity contribution in [1.29, 1.82) is 0 Å². The molecule has 0 N–H and O–H groups in total. The van der Waals surface area contributed by atoms with Gasteiger partial charge in [-0.15, -0.1) is 0 Å². The van der Waals surface area contributed by atoms with E-state index in [1.54, 1.807) is 0 Å². The molecule has 1 fully saturated rings. The Kier molecular flexibility index (Phi) is 3.34. The molecule has 0 unspecified atom stereocenters. The minimum Gasteiger partial charge on any atom is -0.0635 e. The van der Waals surface area contributed by atoms with Gasteiger partial charge in [-0.2, -0.15) is 0 Å². The second-order valence-electron chi connectivity index (χ2n) is 3.04. The highest BCUT2D eigenvalue weighted by molar-refractivity contribution is 6.08. The summed E-state index contributed by atoms with van der Waals surface area (Å²) >= 11 is 0. The molecular formula is C8H15Si. The van der Waals surface area contributed by atoms with Crippen LogP contribution in [0.15, 0.2) is 0 Å². The first kappa shape index (κ1) is 7.33. The maximum absolute atomic E-state index is 3.53. The Balaban J connectivity index is 2.08. The molecule has 0 spiro atoms. The molecule has 0 saturated heterocycles. The predicted octanol–water partition coefficient (Wildman–Crippen LogP) is 2.54. The highest BCUT2D eigenvalue weighted by Gasteiger charge is 2.10. The predicted molar refractivity (Wildman–Crippen MR) is 41.8 cm³/mol. The molecule has 0 aliphatic heterocycles. The summed E-state index contributed by atoms with van der Waals surface area (Å²) in [5, 5.41) is 0. The van der Waals surface area contributed by atoms with E-state index >= 15 is 0 Å². The fraction of sp³-hybridized carbons (Fsp3) is 1.00. The molecule has 0 heterocycles. The Labute approximate surface area is 61.5 Å². The zero-order valence-electron chi connectivity index (χ0n) is 6.03. The van der Waals surface area contributed by atoms with Gasteiger partial charge in [0, 0.05) is 10.2 Å². The Morgan fingerprint density at radius 2 is 1.78 bits per heavy atom. The molecule has 0 bridgehead atoms. The van der Waals surface area contributed by atoms with Crippen LogP contribution < -0.4 is 0 Å². The minimum atomic E-state index is 1.05. The van der Waals surface area contributed by atoms with Gasteiger partial charge < -0.3 is 0 Å². The Hall–Kier alpha value is 0.217. The molecule has 0 nitrogen and oxygen atoms in total. The molecule has 0 aromatic carbocycles. The molecule has 1 heteroatoms. The lowest BCUT2D eigenvalue weighted by atomic mass is 9.88. The van der Waals surface area contributed by atoms with Crippen LogP contribution in [0.1, 0.15) is 38.5 Å². The summed E-state index contributed by atoms with van der Waals surface area (Å²) in [6.45, 7) is 0. The van der Waals surface area contributed by atoms with Crippen LogP contribution in [0.4, 0.5) is 0 Å². The minimum absolute atomic E-state index is 1.05. The van der Waals surface area contributed by atoms with Gasteiger partial charge in [-0.3, -0.25) is 0 Å². The Bertz CT molecular complexity index is 62.2. The van der Waals surface area contributed by atoms with Crippen LogP contribution in [0.2, 0.25) is 6.04 Å². The van der Waals surface area contributed by atoms with Crippen molar-refractivity contribution in [2.45, 2.75) is 44.6 Å². The van der Waals surface area contributed by atoms with E-state index in [0.717, 1.165) is 5.92 Å². The first-order valence-electron chi connectivity index (χ1n) is 4.08. The van der Waals surface area contributed by atoms with E-state index < -0.39 is 0 Å².